The third-order valence-corrected chi connectivity index (χ3v) is 5.27. The van der Waals surface area contributed by atoms with Crippen LogP contribution in [-0.4, -0.2) is 42.9 Å². The predicted octanol–water partition coefficient (Wildman–Crippen LogP) is 0.869. The van der Waals surface area contributed by atoms with Crippen LogP contribution in [0.4, 0.5) is 5.00 Å². The van der Waals surface area contributed by atoms with E-state index >= 15 is 0 Å². The van der Waals surface area contributed by atoms with Crippen molar-refractivity contribution in [1.29, 1.82) is 5.26 Å². The van der Waals surface area contributed by atoms with Gasteiger partial charge < -0.3 is 10.6 Å². The van der Waals surface area contributed by atoms with Crippen LogP contribution in [-0.2, 0) is 22.4 Å². The fraction of sp³-hybridized carbons (Fsp3) is 0.533. The first-order chi connectivity index (χ1) is 10.7. The van der Waals surface area contributed by atoms with Crippen LogP contribution >= 0.6 is 11.3 Å². The molecule has 3 rings (SSSR count). The topological polar surface area (TPSA) is 85.2 Å². The molecule has 0 atom stereocenters. The van der Waals surface area contributed by atoms with E-state index in [4.69, 9.17) is 0 Å². The number of thiophene rings is 1. The maximum atomic E-state index is 12.1. The largest absolute Gasteiger partial charge is 0.354 e. The number of hydrogen-bond acceptors (Lipinski definition) is 5. The molecule has 0 unspecified atom stereocenters. The van der Waals surface area contributed by atoms with Crippen LogP contribution in [0.15, 0.2) is 0 Å². The van der Waals surface area contributed by atoms with Crippen LogP contribution in [0.1, 0.15) is 28.8 Å². The zero-order valence-electron chi connectivity index (χ0n) is 12.3. The highest BCUT2D eigenvalue weighted by Gasteiger charge is 2.23. The number of nitrogens with one attached hydrogen (secondary N) is 2. The first-order valence-electron chi connectivity index (χ1n) is 7.51. The minimum Gasteiger partial charge on any atom is -0.354 e. The van der Waals surface area contributed by atoms with Crippen molar-refractivity contribution in [3.63, 3.8) is 0 Å². The SMILES string of the molecule is N#Cc1c(NC(=O)CCN2CCNC(=O)C2)sc2c1CCC2. The lowest BCUT2D eigenvalue weighted by atomic mass is 10.1. The Labute approximate surface area is 133 Å². The molecule has 2 aliphatic rings. The summed E-state index contributed by atoms with van der Waals surface area (Å²) in [5, 5.41) is 15.6. The van der Waals surface area contributed by atoms with E-state index in [-0.39, 0.29) is 11.8 Å². The number of fused-ring (bicyclic) bond motifs is 1. The lowest BCUT2D eigenvalue weighted by molar-refractivity contribution is -0.125. The summed E-state index contributed by atoms with van der Waals surface area (Å²) in [6.45, 7) is 2.32. The van der Waals surface area contributed by atoms with E-state index in [1.807, 2.05) is 4.90 Å². The van der Waals surface area contributed by atoms with Crippen molar-refractivity contribution in [3.05, 3.63) is 16.0 Å². The van der Waals surface area contributed by atoms with Gasteiger partial charge in [-0.05, 0) is 24.8 Å². The number of anilines is 1. The Bertz CT molecular complexity index is 647. The van der Waals surface area contributed by atoms with Crippen molar-refractivity contribution in [2.45, 2.75) is 25.7 Å². The molecule has 22 heavy (non-hydrogen) atoms. The average molecular weight is 318 g/mol. The van der Waals surface area contributed by atoms with Gasteiger partial charge in [-0.15, -0.1) is 11.3 Å². The van der Waals surface area contributed by atoms with Gasteiger partial charge in [0.2, 0.25) is 11.8 Å². The molecule has 0 aromatic carbocycles. The minimum atomic E-state index is -0.0950. The molecule has 0 radical (unpaired) electrons. The van der Waals surface area contributed by atoms with E-state index in [9.17, 15) is 14.9 Å². The molecular weight excluding hydrogens is 300 g/mol. The van der Waals surface area contributed by atoms with Crippen molar-refractivity contribution < 1.29 is 9.59 Å². The average Bonchev–Trinajstić information content (AvgIpc) is 3.05. The predicted molar refractivity (Wildman–Crippen MR) is 83.8 cm³/mol. The van der Waals surface area contributed by atoms with E-state index in [0.29, 0.717) is 36.6 Å². The van der Waals surface area contributed by atoms with Gasteiger partial charge in [0.1, 0.15) is 11.1 Å². The number of aryl methyl sites for hydroxylation is 1. The second kappa shape index (κ2) is 6.46. The summed E-state index contributed by atoms with van der Waals surface area (Å²) in [6, 6.07) is 2.22. The Balaban J connectivity index is 1.56. The summed E-state index contributed by atoms with van der Waals surface area (Å²) in [6.07, 6.45) is 3.38. The number of piperazine rings is 1. The highest BCUT2D eigenvalue weighted by molar-refractivity contribution is 7.16. The molecule has 2 heterocycles. The zero-order chi connectivity index (χ0) is 15.5. The summed E-state index contributed by atoms with van der Waals surface area (Å²) < 4.78 is 0. The number of amides is 2. The standard InChI is InChI=1S/C15H18N4O2S/c16-8-11-10-2-1-3-12(10)22-15(11)18-13(20)4-6-19-7-5-17-14(21)9-19/h1-7,9H2,(H,17,21)(H,18,20). The lowest BCUT2D eigenvalue weighted by Crippen LogP contribution is -2.48. The third-order valence-electron chi connectivity index (χ3n) is 4.06. The molecule has 0 spiro atoms. The van der Waals surface area contributed by atoms with E-state index in [1.54, 1.807) is 0 Å². The zero-order valence-corrected chi connectivity index (χ0v) is 13.1. The fourth-order valence-electron chi connectivity index (χ4n) is 2.94. The van der Waals surface area contributed by atoms with E-state index in [2.05, 4.69) is 16.7 Å². The van der Waals surface area contributed by atoms with Crippen molar-refractivity contribution in [2.75, 3.05) is 31.5 Å². The number of nitrogens with zero attached hydrogens (tertiary/aromatic N) is 2. The number of nitriles is 1. The molecule has 7 heteroatoms. The van der Waals surface area contributed by atoms with Gasteiger partial charge in [0.25, 0.3) is 0 Å². The van der Waals surface area contributed by atoms with Gasteiger partial charge in [0.05, 0.1) is 12.1 Å². The number of rotatable bonds is 4. The monoisotopic (exact) mass is 318 g/mol. The molecule has 6 nitrogen and oxygen atoms in total. The van der Waals surface area contributed by atoms with Gasteiger partial charge in [0.15, 0.2) is 0 Å². The van der Waals surface area contributed by atoms with Gasteiger partial charge in [-0.1, -0.05) is 0 Å². The Hall–Kier alpha value is -1.91. The first kappa shape index (κ1) is 15.0. The molecule has 1 fully saturated rings. The molecule has 0 saturated carbocycles. The molecule has 116 valence electrons. The second-order valence-corrected chi connectivity index (χ2v) is 6.70. The lowest BCUT2D eigenvalue weighted by Gasteiger charge is -2.25. The molecule has 0 bridgehead atoms. The summed E-state index contributed by atoms with van der Waals surface area (Å²) in [4.78, 5) is 26.6. The van der Waals surface area contributed by atoms with E-state index < -0.39 is 0 Å². The highest BCUT2D eigenvalue weighted by atomic mass is 32.1. The maximum absolute atomic E-state index is 12.1. The van der Waals surface area contributed by atoms with Crippen LogP contribution in [0.25, 0.3) is 0 Å². The third kappa shape index (κ3) is 3.13. The molecule has 2 N–H and O–H groups in total. The van der Waals surface area contributed by atoms with Gasteiger partial charge in [-0.2, -0.15) is 5.26 Å². The Morgan fingerprint density at radius 2 is 2.32 bits per heavy atom. The summed E-state index contributed by atoms with van der Waals surface area (Å²) in [5.74, 6) is -0.0875. The Morgan fingerprint density at radius 3 is 3.09 bits per heavy atom. The van der Waals surface area contributed by atoms with Crippen molar-refractivity contribution >= 4 is 28.2 Å². The highest BCUT2D eigenvalue weighted by Crippen LogP contribution is 2.38. The number of carbonyl (C=O) groups is 2. The second-order valence-electron chi connectivity index (χ2n) is 5.60. The van der Waals surface area contributed by atoms with Crippen LogP contribution in [0.2, 0.25) is 0 Å². The molecule has 1 aromatic rings. The van der Waals surface area contributed by atoms with Gasteiger partial charge in [-0.3, -0.25) is 14.5 Å². The summed E-state index contributed by atoms with van der Waals surface area (Å²) >= 11 is 1.53. The maximum Gasteiger partial charge on any atom is 0.234 e. The van der Waals surface area contributed by atoms with Crippen molar-refractivity contribution in [1.82, 2.24) is 10.2 Å². The van der Waals surface area contributed by atoms with Crippen molar-refractivity contribution in [3.8, 4) is 6.07 Å². The molecule has 2 amide bonds. The molecule has 1 saturated heterocycles. The smallest absolute Gasteiger partial charge is 0.234 e. The summed E-state index contributed by atoms with van der Waals surface area (Å²) in [7, 11) is 0. The number of hydrogen-bond donors (Lipinski definition) is 2. The number of carbonyl (C=O) groups excluding carboxylic acids is 2. The fourth-order valence-corrected chi connectivity index (χ4v) is 4.20. The molecular formula is C15H18N4O2S. The van der Waals surface area contributed by atoms with Crippen LogP contribution in [0.5, 0.6) is 0 Å². The Kier molecular flexibility index (Phi) is 4.41. The van der Waals surface area contributed by atoms with E-state index in [0.717, 1.165) is 31.4 Å². The molecule has 1 aliphatic heterocycles. The summed E-state index contributed by atoms with van der Waals surface area (Å²) in [5.41, 5.74) is 1.76. The van der Waals surface area contributed by atoms with Gasteiger partial charge in [-0.25, -0.2) is 0 Å². The van der Waals surface area contributed by atoms with Gasteiger partial charge in [0, 0.05) is 30.9 Å². The normalized spacial score (nSPS) is 17.7. The quantitative estimate of drug-likeness (QED) is 0.862. The van der Waals surface area contributed by atoms with Crippen molar-refractivity contribution in [2.24, 2.45) is 0 Å². The first-order valence-corrected chi connectivity index (χ1v) is 8.32. The van der Waals surface area contributed by atoms with E-state index in [1.165, 1.54) is 16.2 Å². The Morgan fingerprint density at radius 1 is 1.45 bits per heavy atom. The van der Waals surface area contributed by atoms with Crippen LogP contribution < -0.4 is 10.6 Å². The molecule has 1 aliphatic carbocycles. The van der Waals surface area contributed by atoms with Crippen LogP contribution in [0, 0.1) is 11.3 Å². The van der Waals surface area contributed by atoms with Gasteiger partial charge >= 0.3 is 0 Å². The minimum absolute atomic E-state index is 0.00751. The van der Waals surface area contributed by atoms with Crippen LogP contribution in [0.3, 0.4) is 0 Å². The molecule has 1 aromatic heterocycles.